The minimum atomic E-state index is -0.958. The van der Waals surface area contributed by atoms with E-state index in [2.05, 4.69) is 39.8 Å². The topological polar surface area (TPSA) is 54.4 Å². The summed E-state index contributed by atoms with van der Waals surface area (Å²) in [6.07, 6.45) is 2.25. The molecule has 27 heavy (non-hydrogen) atoms. The monoisotopic (exact) mass is 382 g/mol. The van der Waals surface area contributed by atoms with E-state index in [1.807, 2.05) is 13.0 Å². The average Bonchev–Trinajstić information content (AvgIpc) is 2.60. The molecule has 0 fully saturated rings. The molecule has 2 aromatic rings. The van der Waals surface area contributed by atoms with Gasteiger partial charge in [0.2, 0.25) is 5.12 Å². The molecule has 0 saturated heterocycles. The van der Waals surface area contributed by atoms with Crippen LogP contribution in [0.15, 0.2) is 41.3 Å². The Kier molecular flexibility index (Phi) is 4.98. The van der Waals surface area contributed by atoms with Gasteiger partial charge in [0.05, 0.1) is 5.56 Å². The Morgan fingerprint density at radius 1 is 0.889 bits per heavy atom. The van der Waals surface area contributed by atoms with Gasteiger partial charge in [0.1, 0.15) is 0 Å². The van der Waals surface area contributed by atoms with Gasteiger partial charge in [-0.2, -0.15) is 0 Å². The Labute approximate surface area is 165 Å². The first-order valence-electron chi connectivity index (χ1n) is 9.22. The van der Waals surface area contributed by atoms with Gasteiger partial charge in [-0.3, -0.25) is 4.79 Å². The van der Waals surface area contributed by atoms with Gasteiger partial charge < -0.3 is 5.11 Å². The van der Waals surface area contributed by atoms with Crippen LogP contribution >= 0.6 is 11.8 Å². The van der Waals surface area contributed by atoms with E-state index in [1.54, 1.807) is 18.2 Å². The molecule has 0 unspecified atom stereocenters. The third-order valence-electron chi connectivity index (χ3n) is 5.71. The summed E-state index contributed by atoms with van der Waals surface area (Å²) in [6, 6.07) is 11.0. The number of hydrogen-bond acceptors (Lipinski definition) is 3. The molecule has 1 aliphatic rings. The first-order valence-corrected chi connectivity index (χ1v) is 10.0. The first-order chi connectivity index (χ1) is 12.5. The van der Waals surface area contributed by atoms with E-state index in [-0.39, 0.29) is 21.5 Å². The Bertz CT molecular complexity index is 925. The lowest BCUT2D eigenvalue weighted by molar-refractivity contribution is 0.0696. The summed E-state index contributed by atoms with van der Waals surface area (Å²) in [5.74, 6) is -0.958. The van der Waals surface area contributed by atoms with Gasteiger partial charge in [-0.1, -0.05) is 39.8 Å². The van der Waals surface area contributed by atoms with Crippen molar-refractivity contribution >= 4 is 22.8 Å². The summed E-state index contributed by atoms with van der Waals surface area (Å²) in [5, 5.41) is 9.08. The molecule has 1 aliphatic carbocycles. The fourth-order valence-corrected chi connectivity index (χ4v) is 4.57. The van der Waals surface area contributed by atoms with Crippen LogP contribution in [0.25, 0.3) is 0 Å². The molecule has 3 rings (SSSR count). The highest BCUT2D eigenvalue weighted by atomic mass is 32.2. The van der Waals surface area contributed by atoms with Crippen molar-refractivity contribution in [1.29, 1.82) is 0 Å². The van der Waals surface area contributed by atoms with Crippen molar-refractivity contribution in [3.8, 4) is 0 Å². The van der Waals surface area contributed by atoms with Gasteiger partial charge in [0.25, 0.3) is 0 Å². The number of carboxylic acids is 1. The molecule has 0 saturated carbocycles. The number of benzene rings is 2. The van der Waals surface area contributed by atoms with E-state index < -0.39 is 5.97 Å². The SMILES string of the molecule is Cc1cc(C(=O)O)ccc1SC(=O)c1ccc2c(c1)C(C)(C)CCC2(C)C. The number of hydrogen-bond donors (Lipinski definition) is 1. The van der Waals surface area contributed by atoms with Gasteiger partial charge in [-0.15, -0.1) is 0 Å². The number of aromatic carboxylic acids is 1. The van der Waals surface area contributed by atoms with Gasteiger partial charge >= 0.3 is 5.97 Å². The lowest BCUT2D eigenvalue weighted by Gasteiger charge is -2.42. The molecule has 2 aromatic carbocycles. The van der Waals surface area contributed by atoms with Gasteiger partial charge in [-0.05, 0) is 83.3 Å². The Hall–Kier alpha value is -2.07. The summed E-state index contributed by atoms with van der Waals surface area (Å²) < 4.78 is 0. The fraction of sp³-hybridized carbons (Fsp3) is 0.391. The molecule has 0 radical (unpaired) electrons. The molecular weight excluding hydrogens is 356 g/mol. The van der Waals surface area contributed by atoms with Crippen molar-refractivity contribution in [3.05, 3.63) is 64.2 Å². The molecule has 0 amide bonds. The zero-order valence-corrected chi connectivity index (χ0v) is 17.4. The molecule has 3 nitrogen and oxygen atoms in total. The number of carbonyl (C=O) groups is 2. The molecule has 0 aromatic heterocycles. The lowest BCUT2D eigenvalue weighted by atomic mass is 9.63. The zero-order chi connectivity index (χ0) is 20.0. The summed E-state index contributed by atoms with van der Waals surface area (Å²) in [5.41, 5.74) is 4.53. The smallest absolute Gasteiger partial charge is 0.335 e. The highest BCUT2D eigenvalue weighted by Gasteiger charge is 2.37. The van der Waals surface area contributed by atoms with Crippen molar-refractivity contribution in [2.45, 2.75) is 63.2 Å². The van der Waals surface area contributed by atoms with Crippen LogP contribution in [0.4, 0.5) is 0 Å². The lowest BCUT2D eigenvalue weighted by Crippen LogP contribution is -2.34. The molecule has 0 aliphatic heterocycles. The largest absolute Gasteiger partial charge is 0.478 e. The summed E-state index contributed by atoms with van der Waals surface area (Å²) in [7, 11) is 0. The highest BCUT2D eigenvalue weighted by Crippen LogP contribution is 2.46. The fourth-order valence-electron chi connectivity index (χ4n) is 3.77. The predicted molar refractivity (Wildman–Crippen MR) is 110 cm³/mol. The quantitative estimate of drug-likeness (QED) is 0.664. The van der Waals surface area contributed by atoms with E-state index in [0.29, 0.717) is 5.56 Å². The summed E-state index contributed by atoms with van der Waals surface area (Å²) in [6.45, 7) is 10.9. The molecule has 0 spiro atoms. The standard InChI is InChI=1S/C23H26O3S/c1-14-12-15(20(24)25)7-9-19(14)27-21(26)16-6-8-17-18(13-16)23(4,5)11-10-22(17,2)3/h6-9,12-13H,10-11H2,1-5H3,(H,24,25). The van der Waals surface area contributed by atoms with Crippen molar-refractivity contribution in [1.82, 2.24) is 0 Å². The number of rotatable bonds is 3. The molecule has 0 atom stereocenters. The van der Waals surface area contributed by atoms with E-state index in [0.717, 1.165) is 35.1 Å². The third kappa shape index (κ3) is 3.81. The predicted octanol–water partition coefficient (Wildman–Crippen LogP) is 5.97. The van der Waals surface area contributed by atoms with E-state index >= 15 is 0 Å². The van der Waals surface area contributed by atoms with Crippen molar-refractivity contribution < 1.29 is 14.7 Å². The van der Waals surface area contributed by atoms with E-state index in [4.69, 9.17) is 5.11 Å². The van der Waals surface area contributed by atoms with Crippen molar-refractivity contribution in [3.63, 3.8) is 0 Å². The molecular formula is C23H26O3S. The molecule has 0 heterocycles. The average molecular weight is 383 g/mol. The number of carboxylic acid groups (broad SMARTS) is 1. The maximum absolute atomic E-state index is 12.9. The minimum Gasteiger partial charge on any atom is -0.478 e. The summed E-state index contributed by atoms with van der Waals surface area (Å²) >= 11 is 1.16. The van der Waals surface area contributed by atoms with Gasteiger partial charge in [-0.25, -0.2) is 4.79 Å². The molecule has 0 bridgehead atoms. The Morgan fingerprint density at radius 3 is 2.07 bits per heavy atom. The van der Waals surface area contributed by atoms with Gasteiger partial charge in [0.15, 0.2) is 0 Å². The van der Waals surface area contributed by atoms with Crippen LogP contribution in [0.3, 0.4) is 0 Å². The second-order valence-electron chi connectivity index (χ2n) is 8.70. The number of aryl methyl sites for hydroxylation is 1. The van der Waals surface area contributed by atoms with Crippen LogP contribution in [-0.4, -0.2) is 16.2 Å². The summed E-state index contributed by atoms with van der Waals surface area (Å²) in [4.78, 5) is 24.8. The van der Waals surface area contributed by atoms with Crippen LogP contribution in [0.1, 0.15) is 77.9 Å². The van der Waals surface area contributed by atoms with E-state index in [1.165, 1.54) is 11.1 Å². The zero-order valence-electron chi connectivity index (χ0n) is 16.6. The highest BCUT2D eigenvalue weighted by molar-refractivity contribution is 8.14. The molecule has 1 N–H and O–H groups in total. The Morgan fingerprint density at radius 2 is 1.48 bits per heavy atom. The van der Waals surface area contributed by atoms with Crippen LogP contribution in [-0.2, 0) is 10.8 Å². The number of carbonyl (C=O) groups excluding carboxylic acids is 1. The first kappa shape index (κ1) is 19.7. The van der Waals surface area contributed by atoms with E-state index in [9.17, 15) is 9.59 Å². The number of thioether (sulfide) groups is 1. The molecule has 142 valence electrons. The van der Waals surface area contributed by atoms with Crippen molar-refractivity contribution in [2.24, 2.45) is 0 Å². The maximum atomic E-state index is 12.9. The minimum absolute atomic E-state index is 0.0110. The second kappa shape index (κ2) is 6.83. The second-order valence-corrected chi connectivity index (χ2v) is 9.72. The van der Waals surface area contributed by atoms with Crippen LogP contribution < -0.4 is 0 Å². The third-order valence-corrected chi connectivity index (χ3v) is 6.81. The van der Waals surface area contributed by atoms with Crippen LogP contribution in [0.2, 0.25) is 0 Å². The van der Waals surface area contributed by atoms with Crippen LogP contribution in [0, 0.1) is 6.92 Å². The van der Waals surface area contributed by atoms with Gasteiger partial charge in [0, 0.05) is 10.5 Å². The number of fused-ring (bicyclic) bond motifs is 1. The normalized spacial score (nSPS) is 17.2. The maximum Gasteiger partial charge on any atom is 0.335 e. The Balaban J connectivity index is 1.92. The van der Waals surface area contributed by atoms with Crippen LogP contribution in [0.5, 0.6) is 0 Å². The molecule has 4 heteroatoms. The van der Waals surface area contributed by atoms with Crippen molar-refractivity contribution in [2.75, 3.05) is 0 Å².